The van der Waals surface area contributed by atoms with Gasteiger partial charge < -0.3 is 14.2 Å². The average molecular weight is 416 g/mol. The molecule has 0 aliphatic carbocycles. The number of allylic oxidation sites excluding steroid dienone is 2. The molecule has 0 aliphatic heterocycles. The van der Waals surface area contributed by atoms with Gasteiger partial charge in [0.05, 0.1) is 31.0 Å². The molecule has 6 heteroatoms. The van der Waals surface area contributed by atoms with E-state index in [2.05, 4.69) is 18.7 Å². The summed E-state index contributed by atoms with van der Waals surface area (Å²) in [5, 5.41) is 19.3. The van der Waals surface area contributed by atoms with Crippen molar-refractivity contribution < 1.29 is 19.0 Å². The predicted octanol–water partition coefficient (Wildman–Crippen LogP) is 4.93. The van der Waals surface area contributed by atoms with Gasteiger partial charge in [0, 0.05) is 12.0 Å². The number of carbonyl (C=O) groups is 1. The maximum atomic E-state index is 11.3. The summed E-state index contributed by atoms with van der Waals surface area (Å²) in [7, 11) is 0. The lowest BCUT2D eigenvalue weighted by atomic mass is 9.96. The SMILES string of the molecule is C=C(C)C(=O)OCCCOc1ccc(/C(C#N)=C(\C#N)c2ccc(OCC)cc2)cc1. The third kappa shape index (κ3) is 6.76. The van der Waals surface area contributed by atoms with Crippen LogP contribution in [0.5, 0.6) is 11.5 Å². The topological polar surface area (TPSA) is 92.3 Å². The molecular weight excluding hydrogens is 392 g/mol. The highest BCUT2D eigenvalue weighted by atomic mass is 16.5. The maximum Gasteiger partial charge on any atom is 0.333 e. The van der Waals surface area contributed by atoms with Crippen LogP contribution in [0.2, 0.25) is 0 Å². The molecule has 0 atom stereocenters. The van der Waals surface area contributed by atoms with Crippen LogP contribution in [0.1, 0.15) is 31.4 Å². The number of benzene rings is 2. The first-order valence-electron chi connectivity index (χ1n) is 9.83. The van der Waals surface area contributed by atoms with Gasteiger partial charge in [-0.1, -0.05) is 6.58 Å². The van der Waals surface area contributed by atoms with Crippen LogP contribution < -0.4 is 9.47 Å². The zero-order valence-electron chi connectivity index (χ0n) is 17.7. The zero-order valence-corrected chi connectivity index (χ0v) is 17.7. The van der Waals surface area contributed by atoms with Gasteiger partial charge in [0.15, 0.2) is 0 Å². The van der Waals surface area contributed by atoms with E-state index in [1.807, 2.05) is 6.92 Å². The Bertz CT molecular complexity index is 1020. The van der Waals surface area contributed by atoms with E-state index in [9.17, 15) is 15.3 Å². The maximum absolute atomic E-state index is 11.3. The zero-order chi connectivity index (χ0) is 22.6. The molecule has 0 fully saturated rings. The summed E-state index contributed by atoms with van der Waals surface area (Å²) in [5.74, 6) is 0.908. The molecule has 0 saturated heterocycles. The Morgan fingerprint density at radius 3 is 1.77 bits per heavy atom. The molecule has 0 radical (unpaired) electrons. The highest BCUT2D eigenvalue weighted by Gasteiger charge is 2.12. The Morgan fingerprint density at radius 2 is 1.35 bits per heavy atom. The molecule has 0 bridgehead atoms. The van der Waals surface area contributed by atoms with Crippen LogP contribution in [-0.4, -0.2) is 25.8 Å². The first-order valence-corrected chi connectivity index (χ1v) is 9.83. The van der Waals surface area contributed by atoms with Crippen molar-refractivity contribution in [1.29, 1.82) is 10.5 Å². The van der Waals surface area contributed by atoms with Crippen LogP contribution in [0.25, 0.3) is 11.1 Å². The minimum Gasteiger partial charge on any atom is -0.494 e. The lowest BCUT2D eigenvalue weighted by Crippen LogP contribution is -2.09. The van der Waals surface area contributed by atoms with Crippen LogP contribution in [0.4, 0.5) is 0 Å². The highest BCUT2D eigenvalue weighted by molar-refractivity contribution is 6.02. The van der Waals surface area contributed by atoms with Gasteiger partial charge in [-0.2, -0.15) is 10.5 Å². The molecule has 158 valence electrons. The third-order valence-electron chi connectivity index (χ3n) is 4.21. The quantitative estimate of drug-likeness (QED) is 0.179. The molecule has 0 amide bonds. The number of nitriles is 2. The minimum atomic E-state index is -0.416. The molecule has 2 rings (SSSR count). The molecule has 0 aliphatic rings. The minimum absolute atomic E-state index is 0.249. The third-order valence-corrected chi connectivity index (χ3v) is 4.21. The smallest absolute Gasteiger partial charge is 0.333 e. The first-order chi connectivity index (χ1) is 15.0. The van der Waals surface area contributed by atoms with E-state index in [0.29, 0.717) is 53.4 Å². The fraction of sp³-hybridized carbons (Fsp3) is 0.240. The van der Waals surface area contributed by atoms with Gasteiger partial charge >= 0.3 is 5.97 Å². The van der Waals surface area contributed by atoms with Crippen molar-refractivity contribution in [2.24, 2.45) is 0 Å². The molecule has 2 aromatic rings. The monoisotopic (exact) mass is 416 g/mol. The van der Waals surface area contributed by atoms with Crippen LogP contribution in [0.3, 0.4) is 0 Å². The van der Waals surface area contributed by atoms with Gasteiger partial charge in [-0.05, 0) is 73.5 Å². The molecule has 0 aromatic heterocycles. The van der Waals surface area contributed by atoms with Crippen molar-refractivity contribution in [3.05, 3.63) is 71.8 Å². The highest BCUT2D eigenvalue weighted by Crippen LogP contribution is 2.28. The largest absolute Gasteiger partial charge is 0.494 e. The summed E-state index contributed by atoms with van der Waals surface area (Å²) >= 11 is 0. The summed E-state index contributed by atoms with van der Waals surface area (Å²) in [5.41, 5.74) is 2.20. The molecule has 6 nitrogen and oxygen atoms in total. The van der Waals surface area contributed by atoms with E-state index in [0.717, 1.165) is 0 Å². The predicted molar refractivity (Wildman–Crippen MR) is 118 cm³/mol. The molecule has 0 unspecified atom stereocenters. The number of rotatable bonds is 10. The van der Waals surface area contributed by atoms with Gasteiger partial charge in [-0.15, -0.1) is 0 Å². The summed E-state index contributed by atoms with van der Waals surface area (Å²) in [4.78, 5) is 11.3. The standard InChI is InChI=1S/C25H24N2O4/c1-4-29-21-10-6-19(7-11-21)23(16-26)24(17-27)20-8-12-22(13-9-20)30-14-5-15-31-25(28)18(2)3/h6-13H,2,4-5,14-15H2,1,3H3/b24-23+. The van der Waals surface area contributed by atoms with Gasteiger partial charge in [0.2, 0.25) is 0 Å². The van der Waals surface area contributed by atoms with Crippen LogP contribution in [0.15, 0.2) is 60.7 Å². The second kappa shape index (κ2) is 11.8. The van der Waals surface area contributed by atoms with Crippen molar-refractivity contribution in [2.75, 3.05) is 19.8 Å². The molecular formula is C25H24N2O4. The van der Waals surface area contributed by atoms with Crippen molar-refractivity contribution in [2.45, 2.75) is 20.3 Å². The van der Waals surface area contributed by atoms with Gasteiger partial charge in [-0.25, -0.2) is 4.79 Å². The lowest BCUT2D eigenvalue weighted by molar-refractivity contribution is -0.139. The van der Waals surface area contributed by atoms with Crippen molar-refractivity contribution in [3.8, 4) is 23.6 Å². The summed E-state index contributed by atoms with van der Waals surface area (Å²) < 4.78 is 16.1. The van der Waals surface area contributed by atoms with E-state index in [1.54, 1.807) is 55.5 Å². The Balaban J connectivity index is 2.06. The Kier molecular flexibility index (Phi) is 8.89. The van der Waals surface area contributed by atoms with Crippen molar-refractivity contribution >= 4 is 17.1 Å². The Hall–Kier alpha value is -4.03. The van der Waals surface area contributed by atoms with E-state index in [-0.39, 0.29) is 12.2 Å². The second-order valence-electron chi connectivity index (χ2n) is 6.57. The lowest BCUT2D eigenvalue weighted by Gasteiger charge is -2.09. The Labute approximate surface area is 182 Å². The number of hydrogen-bond donors (Lipinski definition) is 0. The second-order valence-corrected chi connectivity index (χ2v) is 6.57. The van der Waals surface area contributed by atoms with Crippen LogP contribution in [-0.2, 0) is 9.53 Å². The molecule has 0 N–H and O–H groups in total. The number of ether oxygens (including phenoxy) is 3. The summed E-state index contributed by atoms with van der Waals surface area (Å²) in [6, 6.07) is 18.3. The molecule has 31 heavy (non-hydrogen) atoms. The Morgan fingerprint density at radius 1 is 0.871 bits per heavy atom. The number of esters is 1. The fourth-order valence-electron chi connectivity index (χ4n) is 2.67. The molecule has 0 saturated carbocycles. The molecule has 0 spiro atoms. The van der Waals surface area contributed by atoms with E-state index in [1.165, 1.54) is 0 Å². The van der Waals surface area contributed by atoms with Crippen LogP contribution in [0, 0.1) is 22.7 Å². The van der Waals surface area contributed by atoms with Crippen molar-refractivity contribution in [3.63, 3.8) is 0 Å². The fourth-order valence-corrected chi connectivity index (χ4v) is 2.67. The van der Waals surface area contributed by atoms with Crippen molar-refractivity contribution in [1.82, 2.24) is 0 Å². The van der Waals surface area contributed by atoms with E-state index < -0.39 is 5.97 Å². The number of nitrogens with zero attached hydrogens (tertiary/aromatic N) is 2. The van der Waals surface area contributed by atoms with Crippen LogP contribution >= 0.6 is 0 Å². The molecule has 2 aromatic carbocycles. The normalized spacial score (nSPS) is 10.8. The summed E-state index contributed by atoms with van der Waals surface area (Å²) in [6.07, 6.45) is 0.542. The average Bonchev–Trinajstić information content (AvgIpc) is 2.78. The summed E-state index contributed by atoms with van der Waals surface area (Å²) in [6.45, 7) is 8.19. The van der Waals surface area contributed by atoms with Gasteiger partial charge in [0.1, 0.15) is 23.6 Å². The van der Waals surface area contributed by atoms with Gasteiger partial charge in [-0.3, -0.25) is 0 Å². The van der Waals surface area contributed by atoms with Gasteiger partial charge in [0.25, 0.3) is 0 Å². The number of carbonyl (C=O) groups excluding carboxylic acids is 1. The van der Waals surface area contributed by atoms with E-state index >= 15 is 0 Å². The van der Waals surface area contributed by atoms with E-state index in [4.69, 9.17) is 14.2 Å². The first kappa shape index (κ1) is 23.3. The molecule has 0 heterocycles. The number of hydrogen-bond acceptors (Lipinski definition) is 6.